The third kappa shape index (κ3) is 5.99. The van der Waals surface area contributed by atoms with Gasteiger partial charge in [-0.3, -0.25) is 0 Å². The monoisotopic (exact) mass is 307 g/mol. The Bertz CT molecular complexity index is 350. The standard InChI is InChI=1S/C12H25N3O2S2/c16-19(17,11-12-2-1-3-13-10-12)14-4-5-15-6-8-18-9-7-15/h12-14H,1-11H2. The van der Waals surface area contributed by atoms with Gasteiger partial charge in [0.25, 0.3) is 0 Å². The third-order valence-corrected chi connectivity index (χ3v) is 6.20. The summed E-state index contributed by atoms with van der Waals surface area (Å²) in [5, 5.41) is 3.26. The molecule has 0 aliphatic carbocycles. The lowest BCUT2D eigenvalue weighted by Crippen LogP contribution is -2.42. The van der Waals surface area contributed by atoms with Crippen molar-refractivity contribution in [1.82, 2.24) is 14.9 Å². The SMILES string of the molecule is O=S(=O)(CC1CCCNC1)NCCN1CCSCC1. The summed E-state index contributed by atoms with van der Waals surface area (Å²) in [5.41, 5.74) is 0. The van der Waals surface area contributed by atoms with Crippen LogP contribution >= 0.6 is 11.8 Å². The first-order valence-corrected chi connectivity index (χ1v) is 9.94. The summed E-state index contributed by atoms with van der Waals surface area (Å²) in [6.45, 7) is 5.41. The molecule has 2 rings (SSSR count). The second kappa shape index (κ2) is 7.83. The van der Waals surface area contributed by atoms with Crippen molar-refractivity contribution in [1.29, 1.82) is 0 Å². The van der Waals surface area contributed by atoms with E-state index in [4.69, 9.17) is 0 Å². The summed E-state index contributed by atoms with van der Waals surface area (Å²) in [4.78, 5) is 2.33. The molecule has 1 unspecified atom stereocenters. The summed E-state index contributed by atoms with van der Waals surface area (Å²) in [6.07, 6.45) is 2.11. The molecule has 0 aromatic heterocycles. The second-order valence-electron chi connectivity index (χ2n) is 5.34. The number of thioether (sulfide) groups is 1. The maximum absolute atomic E-state index is 12.0. The minimum absolute atomic E-state index is 0.274. The molecule has 2 heterocycles. The molecular formula is C12H25N3O2S2. The lowest BCUT2D eigenvalue weighted by atomic mass is 10.0. The van der Waals surface area contributed by atoms with E-state index in [0.717, 1.165) is 45.6 Å². The van der Waals surface area contributed by atoms with Gasteiger partial charge in [0.05, 0.1) is 5.75 Å². The lowest BCUT2D eigenvalue weighted by Gasteiger charge is -2.26. The van der Waals surface area contributed by atoms with Crippen LogP contribution in [0.25, 0.3) is 0 Å². The molecule has 0 saturated carbocycles. The Morgan fingerprint density at radius 2 is 2.11 bits per heavy atom. The van der Waals surface area contributed by atoms with Crippen LogP contribution in [0.3, 0.4) is 0 Å². The van der Waals surface area contributed by atoms with Crippen molar-refractivity contribution in [3.8, 4) is 0 Å². The predicted octanol–water partition coefficient (Wildman–Crippen LogP) is -0.0458. The van der Waals surface area contributed by atoms with Gasteiger partial charge < -0.3 is 10.2 Å². The molecular weight excluding hydrogens is 282 g/mol. The first-order valence-electron chi connectivity index (χ1n) is 7.14. The third-order valence-electron chi connectivity index (χ3n) is 3.71. The van der Waals surface area contributed by atoms with Crippen molar-refractivity contribution >= 4 is 21.8 Å². The second-order valence-corrected chi connectivity index (χ2v) is 8.42. The van der Waals surface area contributed by atoms with Crippen LogP contribution in [0.2, 0.25) is 0 Å². The van der Waals surface area contributed by atoms with Gasteiger partial charge in [-0.05, 0) is 31.8 Å². The van der Waals surface area contributed by atoms with Crippen LogP contribution in [0.1, 0.15) is 12.8 Å². The lowest BCUT2D eigenvalue weighted by molar-refractivity contribution is 0.307. The van der Waals surface area contributed by atoms with Gasteiger partial charge in [-0.15, -0.1) is 0 Å². The summed E-state index contributed by atoms with van der Waals surface area (Å²) in [7, 11) is -3.10. The number of hydrogen-bond donors (Lipinski definition) is 2. The molecule has 19 heavy (non-hydrogen) atoms. The molecule has 0 radical (unpaired) electrons. The average molecular weight is 307 g/mol. The smallest absolute Gasteiger partial charge is 0.211 e. The molecule has 7 heteroatoms. The number of nitrogens with zero attached hydrogens (tertiary/aromatic N) is 1. The van der Waals surface area contributed by atoms with Crippen molar-refractivity contribution in [2.75, 3.05) is 56.5 Å². The Morgan fingerprint density at radius 3 is 2.79 bits per heavy atom. The summed E-state index contributed by atoms with van der Waals surface area (Å²) in [6, 6.07) is 0. The van der Waals surface area contributed by atoms with Crippen LogP contribution < -0.4 is 10.0 Å². The van der Waals surface area contributed by atoms with Gasteiger partial charge in [0, 0.05) is 37.7 Å². The number of sulfonamides is 1. The minimum atomic E-state index is -3.10. The average Bonchev–Trinajstić information content (AvgIpc) is 2.40. The van der Waals surface area contributed by atoms with Crippen LogP contribution in [0.15, 0.2) is 0 Å². The van der Waals surface area contributed by atoms with E-state index >= 15 is 0 Å². The fourth-order valence-electron chi connectivity index (χ4n) is 2.62. The number of piperidine rings is 1. The Morgan fingerprint density at radius 1 is 1.32 bits per heavy atom. The topological polar surface area (TPSA) is 61.4 Å². The van der Waals surface area contributed by atoms with Crippen LogP contribution in [0, 0.1) is 5.92 Å². The first-order chi connectivity index (χ1) is 9.16. The molecule has 2 N–H and O–H groups in total. The zero-order valence-electron chi connectivity index (χ0n) is 11.4. The van der Waals surface area contributed by atoms with Crippen LogP contribution in [0.5, 0.6) is 0 Å². The highest BCUT2D eigenvalue weighted by Crippen LogP contribution is 2.12. The highest BCUT2D eigenvalue weighted by atomic mass is 32.2. The molecule has 2 saturated heterocycles. The zero-order valence-corrected chi connectivity index (χ0v) is 13.1. The Hall–Kier alpha value is 0.180. The van der Waals surface area contributed by atoms with E-state index < -0.39 is 10.0 Å². The highest BCUT2D eigenvalue weighted by Gasteiger charge is 2.21. The maximum atomic E-state index is 12.0. The molecule has 1 atom stereocenters. The fourth-order valence-corrected chi connectivity index (χ4v) is 5.02. The normalized spacial score (nSPS) is 26.4. The van der Waals surface area contributed by atoms with Crippen molar-refractivity contribution in [3.05, 3.63) is 0 Å². The van der Waals surface area contributed by atoms with Gasteiger partial charge in [0.15, 0.2) is 0 Å². The number of hydrogen-bond acceptors (Lipinski definition) is 5. The van der Waals surface area contributed by atoms with Gasteiger partial charge >= 0.3 is 0 Å². The number of rotatable bonds is 6. The van der Waals surface area contributed by atoms with E-state index in [-0.39, 0.29) is 11.7 Å². The van der Waals surface area contributed by atoms with E-state index in [9.17, 15) is 8.42 Å². The van der Waals surface area contributed by atoms with Crippen LogP contribution in [0.4, 0.5) is 0 Å². The molecule has 0 bridgehead atoms. The molecule has 0 aromatic carbocycles. The molecule has 0 amide bonds. The molecule has 112 valence electrons. The van der Waals surface area contributed by atoms with E-state index in [1.165, 1.54) is 11.5 Å². The zero-order chi connectivity index (χ0) is 13.6. The molecule has 5 nitrogen and oxygen atoms in total. The van der Waals surface area contributed by atoms with E-state index in [0.29, 0.717) is 6.54 Å². The van der Waals surface area contributed by atoms with Gasteiger partial charge in [-0.2, -0.15) is 11.8 Å². The molecule has 2 aliphatic heterocycles. The van der Waals surface area contributed by atoms with Gasteiger partial charge in [-0.1, -0.05) is 0 Å². The number of nitrogens with one attached hydrogen (secondary N) is 2. The predicted molar refractivity (Wildman–Crippen MR) is 81.1 cm³/mol. The maximum Gasteiger partial charge on any atom is 0.211 e. The molecule has 2 fully saturated rings. The van der Waals surface area contributed by atoms with Crippen molar-refractivity contribution in [2.45, 2.75) is 12.8 Å². The fraction of sp³-hybridized carbons (Fsp3) is 1.00. The van der Waals surface area contributed by atoms with Crippen LogP contribution in [-0.4, -0.2) is 69.8 Å². The Labute approximate surface area is 120 Å². The van der Waals surface area contributed by atoms with Crippen molar-refractivity contribution < 1.29 is 8.42 Å². The Kier molecular flexibility index (Phi) is 6.41. The van der Waals surface area contributed by atoms with Crippen LogP contribution in [-0.2, 0) is 10.0 Å². The molecule has 0 spiro atoms. The minimum Gasteiger partial charge on any atom is -0.316 e. The quantitative estimate of drug-likeness (QED) is 0.721. The Balaban J connectivity index is 1.65. The summed E-state index contributed by atoms with van der Waals surface area (Å²) in [5.74, 6) is 2.88. The van der Waals surface area contributed by atoms with E-state index in [2.05, 4.69) is 14.9 Å². The molecule has 2 aliphatic rings. The van der Waals surface area contributed by atoms with Gasteiger partial charge in [0.1, 0.15) is 0 Å². The summed E-state index contributed by atoms with van der Waals surface area (Å²) >= 11 is 1.97. The summed E-state index contributed by atoms with van der Waals surface area (Å²) < 4.78 is 26.7. The van der Waals surface area contributed by atoms with Crippen molar-refractivity contribution in [2.24, 2.45) is 5.92 Å². The van der Waals surface area contributed by atoms with E-state index in [1.807, 2.05) is 11.8 Å². The van der Waals surface area contributed by atoms with Gasteiger partial charge in [-0.25, -0.2) is 13.1 Å². The van der Waals surface area contributed by atoms with Gasteiger partial charge in [0.2, 0.25) is 10.0 Å². The van der Waals surface area contributed by atoms with Crippen molar-refractivity contribution in [3.63, 3.8) is 0 Å². The largest absolute Gasteiger partial charge is 0.316 e. The van der Waals surface area contributed by atoms with E-state index in [1.54, 1.807) is 0 Å². The molecule has 0 aromatic rings. The highest BCUT2D eigenvalue weighted by molar-refractivity contribution is 7.99. The first kappa shape index (κ1) is 15.6.